The molecule has 2 aromatic rings. The van der Waals surface area contributed by atoms with Gasteiger partial charge < -0.3 is 4.90 Å². The number of ketones is 1. The summed E-state index contributed by atoms with van der Waals surface area (Å²) in [7, 11) is 0. The van der Waals surface area contributed by atoms with Crippen molar-refractivity contribution < 1.29 is 40.3 Å². The van der Waals surface area contributed by atoms with Crippen LogP contribution in [0.3, 0.4) is 0 Å². The van der Waals surface area contributed by atoms with Crippen molar-refractivity contribution in [3.05, 3.63) is 53.6 Å². The summed E-state index contributed by atoms with van der Waals surface area (Å²) < 4.78 is 91.8. The predicted molar refractivity (Wildman–Crippen MR) is 106 cm³/mol. The van der Waals surface area contributed by atoms with Gasteiger partial charge in [-0.1, -0.05) is 0 Å². The highest BCUT2D eigenvalue weighted by atomic mass is 19.4. The maximum atomic E-state index is 14.9. The smallest absolute Gasteiger partial charge is 0.309 e. The van der Waals surface area contributed by atoms with Crippen LogP contribution in [0.25, 0.3) is 0 Å². The maximum Gasteiger partial charge on any atom is 0.433 e. The first-order valence-corrected chi connectivity index (χ1v) is 9.91. The number of urea groups is 1. The zero-order chi connectivity index (χ0) is 25.5. The third kappa shape index (κ3) is 5.62. The van der Waals surface area contributed by atoms with Gasteiger partial charge in [-0.3, -0.25) is 14.7 Å². The summed E-state index contributed by atoms with van der Waals surface area (Å²) in [5, 5.41) is 0. The predicted octanol–water partition coefficient (Wildman–Crippen LogP) is 4.68. The van der Waals surface area contributed by atoms with Gasteiger partial charge in [0, 0.05) is 11.9 Å². The largest absolute Gasteiger partial charge is 0.433 e. The lowest BCUT2D eigenvalue weighted by Gasteiger charge is -2.29. The second-order valence-corrected chi connectivity index (χ2v) is 8.25. The lowest BCUT2D eigenvalue weighted by molar-refractivity contribution is -0.141. The molecule has 13 heteroatoms. The van der Waals surface area contributed by atoms with E-state index in [1.807, 2.05) is 0 Å². The van der Waals surface area contributed by atoms with Gasteiger partial charge in [-0.05, 0) is 38.1 Å². The quantitative estimate of drug-likeness (QED) is 0.550. The highest BCUT2D eigenvalue weighted by molar-refractivity contribution is 5.97. The Labute approximate surface area is 189 Å². The van der Waals surface area contributed by atoms with Crippen LogP contribution in [-0.2, 0) is 23.6 Å². The molecule has 1 saturated heterocycles. The zero-order valence-corrected chi connectivity index (χ0v) is 17.9. The average molecular weight is 492 g/mol. The molecule has 3 heterocycles. The van der Waals surface area contributed by atoms with Gasteiger partial charge in [-0.15, -0.1) is 0 Å². The Morgan fingerprint density at radius 2 is 1.71 bits per heavy atom. The van der Waals surface area contributed by atoms with Crippen molar-refractivity contribution in [2.45, 2.75) is 44.3 Å². The summed E-state index contributed by atoms with van der Waals surface area (Å²) in [4.78, 5) is 34.4. The molecular formula is C21H19F7N4O2. The number of aromatic nitrogens is 2. The molecule has 0 unspecified atom stereocenters. The topological polar surface area (TPSA) is 66.4 Å². The van der Waals surface area contributed by atoms with Gasteiger partial charge in [-0.2, -0.15) is 26.3 Å². The minimum absolute atomic E-state index is 0.0262. The van der Waals surface area contributed by atoms with Gasteiger partial charge in [0.1, 0.15) is 11.4 Å². The molecule has 0 saturated carbocycles. The molecule has 184 valence electrons. The van der Waals surface area contributed by atoms with E-state index in [9.17, 15) is 40.3 Å². The van der Waals surface area contributed by atoms with Crippen molar-refractivity contribution in [2.75, 3.05) is 18.0 Å². The number of hydrogen-bond acceptors (Lipinski definition) is 4. The van der Waals surface area contributed by atoms with Gasteiger partial charge in [-0.25, -0.2) is 14.2 Å². The molecule has 6 nitrogen and oxygen atoms in total. The number of alkyl halides is 7. The molecule has 1 aliphatic heterocycles. The number of nitrogens with zero attached hydrogens (tertiary/aromatic N) is 4. The number of Topliss-reactive ketones (excluding diaryl/α,β-unsaturated/α-hetero) is 1. The third-order valence-corrected chi connectivity index (χ3v) is 5.22. The van der Waals surface area contributed by atoms with Crippen LogP contribution >= 0.6 is 0 Å². The van der Waals surface area contributed by atoms with Gasteiger partial charge in [0.15, 0.2) is 5.78 Å². The second-order valence-electron chi connectivity index (χ2n) is 8.25. The minimum atomic E-state index is -4.69. The maximum absolute atomic E-state index is 14.9. The molecule has 0 aromatic carbocycles. The van der Waals surface area contributed by atoms with Crippen LogP contribution < -0.4 is 4.90 Å². The number of anilines is 1. The summed E-state index contributed by atoms with van der Waals surface area (Å²) in [5.74, 6) is -0.693. The number of carbonyl (C=O) groups excluding carboxylic acids is 2. The summed E-state index contributed by atoms with van der Waals surface area (Å²) in [6.45, 7) is 1.44. The van der Waals surface area contributed by atoms with E-state index in [1.54, 1.807) is 0 Å². The van der Waals surface area contributed by atoms with Crippen LogP contribution in [0.15, 0.2) is 36.7 Å². The van der Waals surface area contributed by atoms with E-state index in [4.69, 9.17) is 0 Å². The van der Waals surface area contributed by atoms with E-state index < -0.39 is 60.1 Å². The van der Waals surface area contributed by atoms with Crippen molar-refractivity contribution in [1.29, 1.82) is 0 Å². The monoisotopic (exact) mass is 492 g/mol. The van der Waals surface area contributed by atoms with Crippen LogP contribution in [0.5, 0.6) is 0 Å². The Kier molecular flexibility index (Phi) is 6.60. The van der Waals surface area contributed by atoms with Gasteiger partial charge in [0.05, 0.1) is 43.0 Å². The highest BCUT2D eigenvalue weighted by Crippen LogP contribution is 2.33. The molecule has 2 aromatic heterocycles. The van der Waals surface area contributed by atoms with Crippen molar-refractivity contribution in [3.63, 3.8) is 0 Å². The molecule has 0 N–H and O–H groups in total. The van der Waals surface area contributed by atoms with Crippen LogP contribution in [-0.4, -0.2) is 51.5 Å². The van der Waals surface area contributed by atoms with Crippen molar-refractivity contribution in [2.24, 2.45) is 0 Å². The summed E-state index contributed by atoms with van der Waals surface area (Å²) >= 11 is 0. The number of carbonyl (C=O) groups is 2. The first kappa shape index (κ1) is 25.4. The minimum Gasteiger partial charge on any atom is -0.309 e. The molecular weight excluding hydrogens is 473 g/mol. The molecule has 1 aliphatic rings. The first-order chi connectivity index (χ1) is 15.6. The van der Waals surface area contributed by atoms with Crippen molar-refractivity contribution >= 4 is 17.5 Å². The third-order valence-electron chi connectivity index (χ3n) is 5.22. The van der Waals surface area contributed by atoms with Crippen LogP contribution in [0.1, 0.15) is 30.8 Å². The summed E-state index contributed by atoms with van der Waals surface area (Å²) in [6, 6.07) is 1.14. The number of pyridine rings is 2. The van der Waals surface area contributed by atoms with E-state index in [-0.39, 0.29) is 17.9 Å². The lowest BCUT2D eigenvalue weighted by atomic mass is 10.00. The SMILES string of the molecule is CC(C)(F)[C@H]1CN(c2ccc(C(F)(F)F)nc2)C(=O)N1CC(=O)Cc1cc(C(F)(F)F)ccn1. The van der Waals surface area contributed by atoms with E-state index in [0.717, 1.165) is 34.3 Å². The molecule has 34 heavy (non-hydrogen) atoms. The fourth-order valence-corrected chi connectivity index (χ4v) is 3.53. The van der Waals surface area contributed by atoms with Crippen LogP contribution in [0, 0.1) is 0 Å². The number of halogens is 7. The van der Waals surface area contributed by atoms with Crippen molar-refractivity contribution in [3.8, 4) is 0 Å². The fraction of sp³-hybridized carbons (Fsp3) is 0.429. The van der Waals surface area contributed by atoms with Gasteiger partial charge in [0.2, 0.25) is 0 Å². The number of hydrogen-bond donors (Lipinski definition) is 0. The normalized spacial score (nSPS) is 17.4. The molecule has 2 amide bonds. The van der Waals surface area contributed by atoms with E-state index in [1.165, 1.54) is 13.8 Å². The first-order valence-electron chi connectivity index (χ1n) is 9.91. The molecule has 0 aliphatic carbocycles. The van der Waals surface area contributed by atoms with E-state index in [2.05, 4.69) is 9.97 Å². The molecule has 0 radical (unpaired) electrons. The fourth-order valence-electron chi connectivity index (χ4n) is 3.53. The van der Waals surface area contributed by atoms with Crippen LogP contribution in [0.4, 0.5) is 41.2 Å². The summed E-state index contributed by atoms with van der Waals surface area (Å²) in [5.41, 5.74) is -4.37. The number of rotatable bonds is 6. The Bertz CT molecular complexity index is 1060. The Hall–Kier alpha value is -3.25. The van der Waals surface area contributed by atoms with Gasteiger partial charge >= 0.3 is 18.4 Å². The van der Waals surface area contributed by atoms with Crippen LogP contribution in [0.2, 0.25) is 0 Å². The summed E-state index contributed by atoms with van der Waals surface area (Å²) in [6.07, 6.45) is -8.13. The molecule has 0 bridgehead atoms. The van der Waals surface area contributed by atoms with Crippen molar-refractivity contribution in [1.82, 2.24) is 14.9 Å². The van der Waals surface area contributed by atoms with E-state index >= 15 is 0 Å². The second kappa shape index (κ2) is 8.84. The standard InChI is InChI=1S/C21H19F7N4O2/c1-19(2,22)17-11-31(14-3-4-16(30-9-14)21(26,27)28)18(34)32(17)10-15(33)8-13-7-12(5-6-29-13)20(23,24)25/h3-7,9,17H,8,10-11H2,1-2H3/t17-/m1/s1. The Morgan fingerprint density at radius 1 is 1.03 bits per heavy atom. The Morgan fingerprint density at radius 3 is 2.24 bits per heavy atom. The lowest BCUT2D eigenvalue weighted by Crippen LogP contribution is -2.47. The zero-order valence-electron chi connectivity index (χ0n) is 17.9. The van der Waals surface area contributed by atoms with E-state index in [0.29, 0.717) is 12.1 Å². The molecule has 1 fully saturated rings. The molecule has 0 spiro atoms. The average Bonchev–Trinajstić information content (AvgIpc) is 3.03. The Balaban J connectivity index is 1.79. The highest BCUT2D eigenvalue weighted by Gasteiger charge is 2.47. The number of amides is 2. The van der Waals surface area contributed by atoms with Gasteiger partial charge in [0.25, 0.3) is 0 Å². The molecule has 3 rings (SSSR count). The molecule has 1 atom stereocenters.